The number of aryl methyl sites for hydroxylation is 1. The van der Waals surface area contributed by atoms with Gasteiger partial charge in [0, 0.05) is 17.6 Å². The zero-order chi connectivity index (χ0) is 11.7. The third-order valence-corrected chi connectivity index (χ3v) is 3.74. The van der Waals surface area contributed by atoms with E-state index in [2.05, 4.69) is 24.8 Å². The van der Waals surface area contributed by atoms with E-state index in [-0.39, 0.29) is 6.04 Å². The van der Waals surface area contributed by atoms with Gasteiger partial charge < -0.3 is 5.73 Å². The monoisotopic (exact) mass is 238 g/mol. The SMILES string of the molecule is CCN1CCC(N)C1c1ccc(Cl)cc1C. The Morgan fingerprint density at radius 3 is 2.88 bits per heavy atom. The van der Waals surface area contributed by atoms with Crippen molar-refractivity contribution in [3.05, 3.63) is 34.3 Å². The van der Waals surface area contributed by atoms with E-state index in [0.717, 1.165) is 24.5 Å². The molecule has 1 aromatic carbocycles. The average molecular weight is 239 g/mol. The first-order chi connectivity index (χ1) is 7.63. The summed E-state index contributed by atoms with van der Waals surface area (Å²) in [5.74, 6) is 0. The van der Waals surface area contributed by atoms with Gasteiger partial charge in [0.2, 0.25) is 0 Å². The van der Waals surface area contributed by atoms with Gasteiger partial charge in [0.05, 0.1) is 6.04 Å². The highest BCUT2D eigenvalue weighted by molar-refractivity contribution is 6.30. The second-order valence-corrected chi connectivity index (χ2v) is 4.96. The van der Waals surface area contributed by atoms with Crippen molar-refractivity contribution in [1.82, 2.24) is 4.90 Å². The van der Waals surface area contributed by atoms with Gasteiger partial charge in [-0.15, -0.1) is 0 Å². The van der Waals surface area contributed by atoms with Gasteiger partial charge in [0.25, 0.3) is 0 Å². The van der Waals surface area contributed by atoms with E-state index < -0.39 is 0 Å². The lowest BCUT2D eigenvalue weighted by molar-refractivity contribution is 0.260. The molecular formula is C13H19ClN2. The lowest BCUT2D eigenvalue weighted by Gasteiger charge is -2.27. The summed E-state index contributed by atoms with van der Waals surface area (Å²) in [5, 5.41) is 0.802. The van der Waals surface area contributed by atoms with Crippen LogP contribution >= 0.6 is 11.6 Å². The van der Waals surface area contributed by atoms with Gasteiger partial charge in [0.15, 0.2) is 0 Å². The number of benzene rings is 1. The minimum Gasteiger partial charge on any atom is -0.326 e. The number of nitrogens with two attached hydrogens (primary N) is 1. The zero-order valence-corrected chi connectivity index (χ0v) is 10.7. The van der Waals surface area contributed by atoms with E-state index in [1.165, 1.54) is 11.1 Å². The van der Waals surface area contributed by atoms with E-state index >= 15 is 0 Å². The van der Waals surface area contributed by atoms with Gasteiger partial charge in [-0.25, -0.2) is 0 Å². The van der Waals surface area contributed by atoms with E-state index in [1.54, 1.807) is 0 Å². The highest BCUT2D eigenvalue weighted by Gasteiger charge is 2.32. The predicted octanol–water partition coefficient (Wildman–Crippen LogP) is 2.74. The van der Waals surface area contributed by atoms with Crippen LogP contribution in [-0.4, -0.2) is 24.0 Å². The molecular weight excluding hydrogens is 220 g/mol. The Hall–Kier alpha value is -0.570. The number of hydrogen-bond acceptors (Lipinski definition) is 2. The van der Waals surface area contributed by atoms with Crippen molar-refractivity contribution in [2.24, 2.45) is 5.73 Å². The molecule has 1 aliphatic heterocycles. The predicted molar refractivity (Wildman–Crippen MR) is 68.8 cm³/mol. The number of rotatable bonds is 2. The van der Waals surface area contributed by atoms with Crippen molar-refractivity contribution < 1.29 is 0 Å². The molecule has 2 nitrogen and oxygen atoms in total. The molecule has 0 saturated carbocycles. The molecule has 0 spiro atoms. The number of likely N-dealkylation sites (tertiary alicyclic amines) is 1. The highest BCUT2D eigenvalue weighted by Crippen LogP contribution is 2.33. The number of halogens is 1. The van der Waals surface area contributed by atoms with Crippen LogP contribution in [0.3, 0.4) is 0 Å². The third kappa shape index (κ3) is 2.10. The summed E-state index contributed by atoms with van der Waals surface area (Å²) in [6.45, 7) is 6.46. The first-order valence-electron chi connectivity index (χ1n) is 5.89. The third-order valence-electron chi connectivity index (χ3n) is 3.51. The first kappa shape index (κ1) is 11.9. The minimum absolute atomic E-state index is 0.250. The molecule has 1 aromatic rings. The first-order valence-corrected chi connectivity index (χ1v) is 6.27. The molecule has 0 radical (unpaired) electrons. The molecule has 3 heteroatoms. The minimum atomic E-state index is 0.250. The smallest absolute Gasteiger partial charge is 0.0502 e. The molecule has 1 saturated heterocycles. The summed E-state index contributed by atoms with van der Waals surface area (Å²) < 4.78 is 0. The van der Waals surface area contributed by atoms with Crippen LogP contribution < -0.4 is 5.73 Å². The summed E-state index contributed by atoms with van der Waals surface area (Å²) in [7, 11) is 0. The molecule has 0 aromatic heterocycles. The lowest BCUT2D eigenvalue weighted by Crippen LogP contribution is -2.32. The Kier molecular flexibility index (Phi) is 3.53. The Labute approximate surface area is 102 Å². The normalized spacial score (nSPS) is 26.2. The van der Waals surface area contributed by atoms with E-state index in [1.807, 2.05) is 12.1 Å². The van der Waals surface area contributed by atoms with Crippen molar-refractivity contribution in [1.29, 1.82) is 0 Å². The van der Waals surface area contributed by atoms with Gasteiger partial charge in [0.1, 0.15) is 0 Å². The fourth-order valence-electron chi connectivity index (χ4n) is 2.64. The fourth-order valence-corrected chi connectivity index (χ4v) is 2.86. The standard InChI is InChI=1S/C13H19ClN2/c1-3-16-7-6-12(15)13(16)11-5-4-10(14)8-9(11)2/h4-5,8,12-13H,3,6-7,15H2,1-2H3. The summed E-state index contributed by atoms with van der Waals surface area (Å²) in [4.78, 5) is 2.45. The van der Waals surface area contributed by atoms with Crippen LogP contribution in [0, 0.1) is 6.92 Å². The molecule has 88 valence electrons. The summed E-state index contributed by atoms with van der Waals surface area (Å²) in [6.07, 6.45) is 1.08. The summed E-state index contributed by atoms with van der Waals surface area (Å²) in [5.41, 5.74) is 8.78. The topological polar surface area (TPSA) is 29.3 Å². The number of likely N-dealkylation sites (N-methyl/N-ethyl adjacent to an activating group) is 1. The molecule has 0 bridgehead atoms. The Bertz CT molecular complexity index is 378. The number of hydrogen-bond donors (Lipinski definition) is 1. The second-order valence-electron chi connectivity index (χ2n) is 4.53. The van der Waals surface area contributed by atoms with Crippen molar-refractivity contribution in [2.75, 3.05) is 13.1 Å². The molecule has 16 heavy (non-hydrogen) atoms. The fraction of sp³-hybridized carbons (Fsp3) is 0.538. The quantitative estimate of drug-likeness (QED) is 0.859. The second kappa shape index (κ2) is 4.74. The lowest BCUT2D eigenvalue weighted by atomic mass is 9.96. The van der Waals surface area contributed by atoms with Crippen LogP contribution in [-0.2, 0) is 0 Å². The van der Waals surface area contributed by atoms with Crippen molar-refractivity contribution in [3.63, 3.8) is 0 Å². The molecule has 2 unspecified atom stereocenters. The van der Waals surface area contributed by atoms with Crippen LogP contribution in [0.15, 0.2) is 18.2 Å². The molecule has 1 fully saturated rings. The van der Waals surface area contributed by atoms with Gasteiger partial charge >= 0.3 is 0 Å². The zero-order valence-electron chi connectivity index (χ0n) is 9.91. The maximum absolute atomic E-state index is 6.21. The molecule has 2 rings (SSSR count). The van der Waals surface area contributed by atoms with E-state index in [9.17, 15) is 0 Å². The maximum Gasteiger partial charge on any atom is 0.0502 e. The maximum atomic E-state index is 6.21. The largest absolute Gasteiger partial charge is 0.326 e. The van der Waals surface area contributed by atoms with Crippen LogP contribution in [0.2, 0.25) is 5.02 Å². The Morgan fingerprint density at radius 1 is 1.50 bits per heavy atom. The van der Waals surface area contributed by atoms with Crippen LogP contribution in [0.5, 0.6) is 0 Å². The Balaban J connectivity index is 2.34. The van der Waals surface area contributed by atoms with Gasteiger partial charge in [-0.1, -0.05) is 24.6 Å². The molecule has 2 atom stereocenters. The van der Waals surface area contributed by atoms with Crippen LogP contribution in [0.4, 0.5) is 0 Å². The summed E-state index contributed by atoms with van der Waals surface area (Å²) >= 11 is 5.99. The molecule has 0 aliphatic carbocycles. The van der Waals surface area contributed by atoms with Crippen molar-refractivity contribution in [2.45, 2.75) is 32.4 Å². The van der Waals surface area contributed by atoms with Gasteiger partial charge in [-0.05, 0) is 43.1 Å². The average Bonchev–Trinajstić information content (AvgIpc) is 2.60. The van der Waals surface area contributed by atoms with Crippen molar-refractivity contribution >= 4 is 11.6 Å². The van der Waals surface area contributed by atoms with Crippen LogP contribution in [0.1, 0.15) is 30.5 Å². The highest BCUT2D eigenvalue weighted by atomic mass is 35.5. The molecule has 0 amide bonds. The van der Waals surface area contributed by atoms with E-state index in [4.69, 9.17) is 17.3 Å². The van der Waals surface area contributed by atoms with Crippen molar-refractivity contribution in [3.8, 4) is 0 Å². The van der Waals surface area contributed by atoms with Crippen LogP contribution in [0.25, 0.3) is 0 Å². The summed E-state index contributed by atoms with van der Waals surface area (Å²) in [6, 6.07) is 6.72. The van der Waals surface area contributed by atoms with Gasteiger partial charge in [-0.2, -0.15) is 0 Å². The molecule has 1 heterocycles. The van der Waals surface area contributed by atoms with Gasteiger partial charge in [-0.3, -0.25) is 4.90 Å². The number of nitrogens with zero attached hydrogens (tertiary/aromatic N) is 1. The molecule has 1 aliphatic rings. The Morgan fingerprint density at radius 2 is 2.25 bits per heavy atom. The van der Waals surface area contributed by atoms with E-state index in [0.29, 0.717) is 6.04 Å². The molecule has 2 N–H and O–H groups in total.